The van der Waals surface area contributed by atoms with E-state index in [-0.39, 0.29) is 5.82 Å². The fourth-order valence-electron chi connectivity index (χ4n) is 1.80. The Morgan fingerprint density at radius 1 is 1.06 bits per heavy atom. The second kappa shape index (κ2) is 6.66. The number of rotatable bonds is 5. The minimum absolute atomic E-state index is 0.123. The molecule has 2 aromatic rings. The molecule has 0 amide bonds. The molecule has 0 fully saturated rings. The van der Waals surface area contributed by atoms with Crippen LogP contribution in [0.25, 0.3) is 0 Å². The summed E-state index contributed by atoms with van der Waals surface area (Å²) in [5, 5.41) is 3.32. The molecule has 0 unspecified atom stereocenters. The molecule has 0 saturated carbocycles. The fraction of sp³-hybridized carbons (Fsp3) is 0.200. The average molecular weight is 308 g/mol. The molecule has 18 heavy (non-hydrogen) atoms. The molecular formula is C15H15BrFN. The zero-order chi connectivity index (χ0) is 12.8. The van der Waals surface area contributed by atoms with E-state index in [0.717, 1.165) is 23.1 Å². The van der Waals surface area contributed by atoms with Crippen LogP contribution >= 0.6 is 15.9 Å². The lowest BCUT2D eigenvalue weighted by molar-refractivity contribution is 0.598. The predicted octanol–water partition coefficient (Wildman–Crippen LogP) is 3.92. The maximum Gasteiger partial charge on any atom is 0.126 e. The highest BCUT2D eigenvalue weighted by Crippen LogP contribution is 2.11. The molecule has 0 aliphatic carbocycles. The molecule has 1 N–H and O–H groups in total. The van der Waals surface area contributed by atoms with E-state index in [1.165, 1.54) is 11.6 Å². The average Bonchev–Trinajstić information content (AvgIpc) is 2.37. The Labute approximate surface area is 115 Å². The monoisotopic (exact) mass is 307 g/mol. The molecule has 0 heterocycles. The van der Waals surface area contributed by atoms with E-state index in [0.29, 0.717) is 6.42 Å². The largest absolute Gasteiger partial charge is 0.312 e. The Hall–Kier alpha value is -1.19. The SMILES string of the molecule is Fc1ccccc1CCNCc1cccc(Br)c1. The van der Waals surface area contributed by atoms with Gasteiger partial charge in [0.15, 0.2) is 0 Å². The summed E-state index contributed by atoms with van der Waals surface area (Å²) in [5.74, 6) is -0.123. The van der Waals surface area contributed by atoms with Gasteiger partial charge in [0.1, 0.15) is 5.82 Å². The molecule has 0 bridgehead atoms. The van der Waals surface area contributed by atoms with Crippen LogP contribution in [0, 0.1) is 5.82 Å². The Morgan fingerprint density at radius 3 is 2.67 bits per heavy atom. The molecule has 1 nitrogen and oxygen atoms in total. The highest BCUT2D eigenvalue weighted by molar-refractivity contribution is 9.10. The lowest BCUT2D eigenvalue weighted by Gasteiger charge is -2.06. The van der Waals surface area contributed by atoms with E-state index in [1.807, 2.05) is 24.3 Å². The first-order valence-corrected chi connectivity index (χ1v) is 6.73. The summed E-state index contributed by atoms with van der Waals surface area (Å²) in [7, 11) is 0. The Balaban J connectivity index is 1.78. The third-order valence-electron chi connectivity index (χ3n) is 2.75. The number of hydrogen-bond donors (Lipinski definition) is 1. The first-order valence-electron chi connectivity index (χ1n) is 5.94. The van der Waals surface area contributed by atoms with Gasteiger partial charge in [-0.3, -0.25) is 0 Å². The van der Waals surface area contributed by atoms with Crippen LogP contribution in [-0.4, -0.2) is 6.54 Å². The van der Waals surface area contributed by atoms with E-state index in [4.69, 9.17) is 0 Å². The van der Waals surface area contributed by atoms with Gasteiger partial charge in [-0.25, -0.2) is 4.39 Å². The molecule has 94 valence electrons. The van der Waals surface area contributed by atoms with E-state index in [2.05, 4.69) is 33.4 Å². The van der Waals surface area contributed by atoms with Crippen LogP contribution in [-0.2, 0) is 13.0 Å². The molecule has 0 radical (unpaired) electrons. The van der Waals surface area contributed by atoms with E-state index >= 15 is 0 Å². The van der Waals surface area contributed by atoms with Crippen molar-refractivity contribution < 1.29 is 4.39 Å². The van der Waals surface area contributed by atoms with Gasteiger partial charge in [-0.15, -0.1) is 0 Å². The van der Waals surface area contributed by atoms with Gasteiger partial charge >= 0.3 is 0 Å². The second-order valence-electron chi connectivity index (χ2n) is 4.15. The van der Waals surface area contributed by atoms with Crippen molar-refractivity contribution in [2.24, 2.45) is 0 Å². The van der Waals surface area contributed by atoms with Gasteiger partial charge in [0.05, 0.1) is 0 Å². The van der Waals surface area contributed by atoms with Crippen LogP contribution in [0.2, 0.25) is 0 Å². The van der Waals surface area contributed by atoms with E-state index in [1.54, 1.807) is 6.07 Å². The van der Waals surface area contributed by atoms with E-state index < -0.39 is 0 Å². The van der Waals surface area contributed by atoms with Crippen LogP contribution in [0.15, 0.2) is 53.0 Å². The quantitative estimate of drug-likeness (QED) is 0.826. The molecule has 2 rings (SSSR count). The van der Waals surface area contributed by atoms with Crippen LogP contribution in [0.5, 0.6) is 0 Å². The molecule has 0 aromatic heterocycles. The summed E-state index contributed by atoms with van der Waals surface area (Å²) in [6, 6.07) is 15.1. The molecule has 0 atom stereocenters. The third kappa shape index (κ3) is 3.93. The molecule has 0 saturated heterocycles. The van der Waals surface area contributed by atoms with Crippen molar-refractivity contribution in [3.05, 3.63) is 69.9 Å². The normalized spacial score (nSPS) is 10.6. The van der Waals surface area contributed by atoms with E-state index in [9.17, 15) is 4.39 Å². The van der Waals surface area contributed by atoms with Crippen LogP contribution in [0.4, 0.5) is 4.39 Å². The van der Waals surface area contributed by atoms with Crippen LogP contribution < -0.4 is 5.32 Å². The van der Waals surface area contributed by atoms with Crippen molar-refractivity contribution in [1.29, 1.82) is 0 Å². The summed E-state index contributed by atoms with van der Waals surface area (Å²) < 4.78 is 14.4. The summed E-state index contributed by atoms with van der Waals surface area (Å²) in [4.78, 5) is 0. The number of halogens is 2. The first-order chi connectivity index (χ1) is 8.75. The minimum atomic E-state index is -0.123. The van der Waals surface area contributed by atoms with Crippen LogP contribution in [0.3, 0.4) is 0 Å². The fourth-order valence-corrected chi connectivity index (χ4v) is 2.25. The molecule has 3 heteroatoms. The second-order valence-corrected chi connectivity index (χ2v) is 5.06. The van der Waals surface area contributed by atoms with Gasteiger partial charge in [-0.2, -0.15) is 0 Å². The van der Waals surface area contributed by atoms with Crippen molar-refractivity contribution in [3.63, 3.8) is 0 Å². The van der Waals surface area contributed by atoms with Gasteiger partial charge in [-0.1, -0.05) is 46.3 Å². The predicted molar refractivity (Wildman–Crippen MR) is 76.0 cm³/mol. The summed E-state index contributed by atoms with van der Waals surface area (Å²) >= 11 is 3.44. The zero-order valence-corrected chi connectivity index (χ0v) is 11.6. The van der Waals surface area contributed by atoms with Crippen molar-refractivity contribution in [3.8, 4) is 0 Å². The zero-order valence-electron chi connectivity index (χ0n) is 10.00. The Kier molecular flexibility index (Phi) is 4.90. The first kappa shape index (κ1) is 13.2. The smallest absolute Gasteiger partial charge is 0.126 e. The molecular weight excluding hydrogens is 293 g/mol. The maximum atomic E-state index is 13.4. The van der Waals surface area contributed by atoms with Gasteiger partial charge in [0, 0.05) is 11.0 Å². The van der Waals surface area contributed by atoms with Crippen LogP contribution in [0.1, 0.15) is 11.1 Å². The van der Waals surface area contributed by atoms with Crippen molar-refractivity contribution in [2.75, 3.05) is 6.54 Å². The number of nitrogens with one attached hydrogen (secondary N) is 1. The summed E-state index contributed by atoms with van der Waals surface area (Å²) in [6.45, 7) is 1.57. The number of benzene rings is 2. The lowest BCUT2D eigenvalue weighted by atomic mass is 10.1. The molecule has 0 spiro atoms. The minimum Gasteiger partial charge on any atom is -0.312 e. The maximum absolute atomic E-state index is 13.4. The Bertz CT molecular complexity index is 513. The molecule has 0 aliphatic heterocycles. The highest BCUT2D eigenvalue weighted by Gasteiger charge is 2.00. The lowest BCUT2D eigenvalue weighted by Crippen LogP contribution is -2.17. The van der Waals surface area contributed by atoms with Gasteiger partial charge in [0.25, 0.3) is 0 Å². The van der Waals surface area contributed by atoms with Crippen molar-refractivity contribution >= 4 is 15.9 Å². The Morgan fingerprint density at radius 2 is 1.89 bits per heavy atom. The summed E-state index contributed by atoms with van der Waals surface area (Å²) in [6.07, 6.45) is 0.709. The standard InChI is InChI=1S/C15H15BrFN/c16-14-6-3-4-12(10-14)11-18-9-8-13-5-1-2-7-15(13)17/h1-7,10,18H,8-9,11H2. The third-order valence-corrected chi connectivity index (χ3v) is 3.24. The summed E-state index contributed by atoms with van der Waals surface area (Å²) in [5.41, 5.74) is 1.98. The number of hydrogen-bond acceptors (Lipinski definition) is 1. The highest BCUT2D eigenvalue weighted by atomic mass is 79.9. The van der Waals surface area contributed by atoms with Crippen molar-refractivity contribution in [1.82, 2.24) is 5.32 Å². The van der Waals surface area contributed by atoms with Crippen molar-refractivity contribution in [2.45, 2.75) is 13.0 Å². The molecule has 2 aromatic carbocycles. The van der Waals surface area contributed by atoms with Gasteiger partial charge in [-0.05, 0) is 42.3 Å². The molecule has 0 aliphatic rings. The van der Waals surface area contributed by atoms with Gasteiger partial charge < -0.3 is 5.32 Å². The topological polar surface area (TPSA) is 12.0 Å². The van der Waals surface area contributed by atoms with Gasteiger partial charge in [0.2, 0.25) is 0 Å².